The highest BCUT2D eigenvalue weighted by molar-refractivity contribution is 6.31. The molecule has 1 saturated heterocycles. The molecule has 4 rings (SSSR count). The lowest BCUT2D eigenvalue weighted by molar-refractivity contribution is -0.159. The van der Waals surface area contributed by atoms with Crippen LogP contribution < -0.4 is 5.32 Å². The summed E-state index contributed by atoms with van der Waals surface area (Å²) in [5, 5.41) is 3.11. The van der Waals surface area contributed by atoms with Crippen LogP contribution in [0.1, 0.15) is 31.7 Å². The molecular formula is C21H23ClN2O5. The lowest BCUT2D eigenvalue weighted by Crippen LogP contribution is -2.45. The van der Waals surface area contributed by atoms with E-state index in [1.165, 1.54) is 6.92 Å². The van der Waals surface area contributed by atoms with Crippen molar-refractivity contribution in [1.29, 1.82) is 0 Å². The third kappa shape index (κ3) is 3.41. The van der Waals surface area contributed by atoms with Gasteiger partial charge in [0.2, 0.25) is 11.8 Å². The average molecular weight is 419 g/mol. The number of hydrogen-bond donors (Lipinski definition) is 1. The molecule has 1 aliphatic heterocycles. The van der Waals surface area contributed by atoms with Crippen LogP contribution in [0.15, 0.2) is 18.2 Å². The minimum absolute atomic E-state index is 0.251. The van der Waals surface area contributed by atoms with Gasteiger partial charge in [-0.25, -0.2) is 4.79 Å². The number of halogens is 1. The van der Waals surface area contributed by atoms with Gasteiger partial charge in [0.25, 0.3) is 5.91 Å². The summed E-state index contributed by atoms with van der Waals surface area (Å²) >= 11 is 5.93. The van der Waals surface area contributed by atoms with Crippen molar-refractivity contribution < 1.29 is 23.9 Å². The first-order valence-electron chi connectivity index (χ1n) is 9.87. The molecule has 29 heavy (non-hydrogen) atoms. The van der Waals surface area contributed by atoms with E-state index in [0.29, 0.717) is 10.7 Å². The minimum Gasteiger partial charge on any atom is -0.454 e. The molecule has 154 valence electrons. The zero-order valence-corrected chi connectivity index (χ0v) is 17.1. The molecule has 1 N–H and O–H groups in total. The summed E-state index contributed by atoms with van der Waals surface area (Å²) in [7, 11) is 0. The topological polar surface area (TPSA) is 92.8 Å². The largest absolute Gasteiger partial charge is 0.454 e. The second-order valence-electron chi connectivity index (χ2n) is 8.22. The van der Waals surface area contributed by atoms with E-state index in [1.54, 1.807) is 18.2 Å². The van der Waals surface area contributed by atoms with Crippen LogP contribution >= 0.6 is 11.6 Å². The van der Waals surface area contributed by atoms with E-state index in [-0.39, 0.29) is 35.5 Å². The Labute approximate surface area is 173 Å². The fourth-order valence-electron chi connectivity index (χ4n) is 5.09. The SMILES string of the molecule is Cc1ccc(Cl)cc1NC(=O)COC(=O)[C@@H](C)N1C(=O)[C@@H]2[C@@H]3CC[C@@H](C3)[C@@H]2C1=O. The molecule has 2 saturated carbocycles. The molecule has 0 spiro atoms. The molecule has 1 aromatic rings. The highest BCUT2D eigenvalue weighted by atomic mass is 35.5. The van der Waals surface area contributed by atoms with Crippen LogP contribution in [0, 0.1) is 30.6 Å². The number of benzene rings is 1. The molecule has 3 fully saturated rings. The predicted octanol–water partition coefficient (Wildman–Crippen LogP) is 2.55. The van der Waals surface area contributed by atoms with E-state index in [1.807, 2.05) is 6.92 Å². The Morgan fingerprint density at radius 1 is 1.21 bits per heavy atom. The monoisotopic (exact) mass is 418 g/mol. The van der Waals surface area contributed by atoms with Crippen molar-refractivity contribution in [3.8, 4) is 0 Å². The molecule has 3 aliphatic rings. The lowest BCUT2D eigenvalue weighted by atomic mass is 9.81. The van der Waals surface area contributed by atoms with Crippen LogP contribution in [0.2, 0.25) is 5.02 Å². The molecule has 7 nitrogen and oxygen atoms in total. The van der Waals surface area contributed by atoms with Crippen LogP contribution in [0.25, 0.3) is 0 Å². The summed E-state index contributed by atoms with van der Waals surface area (Å²) in [6.45, 7) is 2.78. The van der Waals surface area contributed by atoms with E-state index in [2.05, 4.69) is 5.32 Å². The molecular weight excluding hydrogens is 396 g/mol. The first-order valence-corrected chi connectivity index (χ1v) is 10.2. The molecule has 1 aromatic carbocycles. The van der Waals surface area contributed by atoms with Crippen molar-refractivity contribution in [2.75, 3.05) is 11.9 Å². The van der Waals surface area contributed by atoms with Gasteiger partial charge in [0.1, 0.15) is 6.04 Å². The Morgan fingerprint density at radius 3 is 2.45 bits per heavy atom. The van der Waals surface area contributed by atoms with Gasteiger partial charge in [0, 0.05) is 10.7 Å². The number of esters is 1. The maximum absolute atomic E-state index is 12.8. The number of nitrogens with zero attached hydrogens (tertiary/aromatic N) is 1. The molecule has 8 heteroatoms. The highest BCUT2D eigenvalue weighted by Crippen LogP contribution is 2.56. The molecule has 2 aliphatic carbocycles. The van der Waals surface area contributed by atoms with E-state index in [4.69, 9.17) is 16.3 Å². The zero-order valence-electron chi connectivity index (χ0n) is 16.3. The van der Waals surface area contributed by atoms with E-state index in [9.17, 15) is 19.2 Å². The summed E-state index contributed by atoms with van der Waals surface area (Å²) in [5.41, 5.74) is 1.34. The summed E-state index contributed by atoms with van der Waals surface area (Å²) < 4.78 is 5.08. The maximum Gasteiger partial charge on any atom is 0.329 e. The number of fused-ring (bicyclic) bond motifs is 5. The Bertz CT molecular complexity index is 873. The fourth-order valence-corrected chi connectivity index (χ4v) is 5.26. The van der Waals surface area contributed by atoms with Crippen molar-refractivity contribution in [1.82, 2.24) is 4.90 Å². The molecule has 2 bridgehead atoms. The van der Waals surface area contributed by atoms with Crippen LogP contribution in [-0.2, 0) is 23.9 Å². The molecule has 5 atom stereocenters. The van der Waals surface area contributed by atoms with Crippen molar-refractivity contribution in [2.45, 2.75) is 39.2 Å². The number of aryl methyl sites for hydroxylation is 1. The Balaban J connectivity index is 1.35. The van der Waals surface area contributed by atoms with Crippen LogP contribution in [0.4, 0.5) is 5.69 Å². The van der Waals surface area contributed by atoms with Gasteiger partial charge in [0.15, 0.2) is 6.61 Å². The first kappa shape index (κ1) is 19.9. The standard InChI is InChI=1S/C21H23ClN2O5/c1-10-3-6-14(22)8-15(10)23-16(25)9-29-21(28)11(2)24-19(26)17-12-4-5-13(7-12)18(17)20(24)27/h3,6,8,11-13,17-18H,4-5,7,9H2,1-2H3,(H,23,25)/t11-,12-,13+,17-,18+/m1/s1. The normalized spacial score (nSPS) is 28.4. The van der Waals surface area contributed by atoms with Gasteiger partial charge in [-0.15, -0.1) is 0 Å². The summed E-state index contributed by atoms with van der Waals surface area (Å²) in [4.78, 5) is 51.2. The minimum atomic E-state index is -1.04. The number of carbonyl (C=O) groups is 4. The van der Waals surface area contributed by atoms with Crippen molar-refractivity contribution >= 4 is 41.0 Å². The first-order chi connectivity index (χ1) is 13.8. The van der Waals surface area contributed by atoms with E-state index in [0.717, 1.165) is 29.7 Å². The number of rotatable bonds is 5. The number of ether oxygens (including phenoxy) is 1. The Kier molecular flexibility index (Phi) is 5.11. The Morgan fingerprint density at radius 2 is 1.83 bits per heavy atom. The number of carbonyl (C=O) groups excluding carboxylic acids is 4. The van der Waals surface area contributed by atoms with Gasteiger partial charge in [-0.2, -0.15) is 0 Å². The number of likely N-dealkylation sites (tertiary alicyclic amines) is 1. The predicted molar refractivity (Wildman–Crippen MR) is 105 cm³/mol. The quantitative estimate of drug-likeness (QED) is 0.586. The summed E-state index contributed by atoms with van der Waals surface area (Å²) in [6, 6.07) is 4.04. The van der Waals surface area contributed by atoms with Crippen molar-refractivity contribution in [3.05, 3.63) is 28.8 Å². The average Bonchev–Trinajstić information content (AvgIpc) is 3.36. The second-order valence-corrected chi connectivity index (χ2v) is 8.66. The number of imide groups is 1. The van der Waals surface area contributed by atoms with Gasteiger partial charge in [0.05, 0.1) is 11.8 Å². The van der Waals surface area contributed by atoms with E-state index >= 15 is 0 Å². The second kappa shape index (κ2) is 7.44. The maximum atomic E-state index is 12.8. The lowest BCUT2D eigenvalue weighted by Gasteiger charge is -2.23. The third-order valence-electron chi connectivity index (χ3n) is 6.51. The molecule has 0 unspecified atom stereocenters. The summed E-state index contributed by atoms with van der Waals surface area (Å²) in [6.07, 6.45) is 2.88. The third-order valence-corrected chi connectivity index (χ3v) is 6.74. The molecule has 3 amide bonds. The van der Waals surface area contributed by atoms with Crippen LogP contribution in [0.3, 0.4) is 0 Å². The van der Waals surface area contributed by atoms with Crippen LogP contribution in [0.5, 0.6) is 0 Å². The van der Waals surface area contributed by atoms with E-state index < -0.39 is 24.5 Å². The smallest absolute Gasteiger partial charge is 0.329 e. The fraction of sp³-hybridized carbons (Fsp3) is 0.524. The highest BCUT2D eigenvalue weighted by Gasteiger charge is 2.62. The number of hydrogen-bond acceptors (Lipinski definition) is 5. The number of amides is 3. The zero-order chi connectivity index (χ0) is 20.9. The van der Waals surface area contributed by atoms with Crippen molar-refractivity contribution in [3.63, 3.8) is 0 Å². The number of anilines is 1. The Hall–Kier alpha value is -2.41. The van der Waals surface area contributed by atoms with Crippen LogP contribution in [-0.4, -0.2) is 41.2 Å². The van der Waals surface area contributed by atoms with Gasteiger partial charge in [-0.05, 0) is 62.6 Å². The molecule has 0 aromatic heterocycles. The van der Waals surface area contributed by atoms with Gasteiger partial charge in [-0.1, -0.05) is 17.7 Å². The van der Waals surface area contributed by atoms with Gasteiger partial charge in [-0.3, -0.25) is 19.3 Å². The molecule has 1 heterocycles. The molecule has 0 radical (unpaired) electrons. The number of nitrogens with one attached hydrogen (secondary N) is 1. The van der Waals surface area contributed by atoms with Gasteiger partial charge < -0.3 is 10.1 Å². The summed E-state index contributed by atoms with van der Waals surface area (Å²) in [5.74, 6) is -1.90. The van der Waals surface area contributed by atoms with Gasteiger partial charge >= 0.3 is 5.97 Å². The van der Waals surface area contributed by atoms with Crippen molar-refractivity contribution in [2.24, 2.45) is 23.7 Å².